The van der Waals surface area contributed by atoms with Crippen molar-refractivity contribution in [2.45, 2.75) is 12.6 Å². The number of aryl methyl sites for hydroxylation is 1. The van der Waals surface area contributed by atoms with Gasteiger partial charge in [-0.25, -0.2) is 0 Å². The Bertz CT molecular complexity index is 416. The van der Waals surface area contributed by atoms with Crippen LogP contribution in [0.4, 0.5) is 13.2 Å². The van der Waals surface area contributed by atoms with Crippen LogP contribution in [0.2, 0.25) is 5.15 Å². The molecule has 0 radical (unpaired) electrons. The SMILES string of the molecule is Cn1nc(C(F)(F)F)c(CC[N+](=O)[O-])c1Cl. The third kappa shape index (κ3) is 2.63. The van der Waals surface area contributed by atoms with Crippen LogP contribution in [0.5, 0.6) is 0 Å². The van der Waals surface area contributed by atoms with Gasteiger partial charge in [-0.3, -0.25) is 14.8 Å². The first-order valence-electron chi connectivity index (χ1n) is 4.14. The summed E-state index contributed by atoms with van der Waals surface area (Å²) >= 11 is 5.58. The number of aromatic nitrogens is 2. The minimum Gasteiger partial charge on any atom is -0.265 e. The number of rotatable bonds is 3. The zero-order chi connectivity index (χ0) is 12.5. The summed E-state index contributed by atoms with van der Waals surface area (Å²) in [7, 11) is 1.24. The van der Waals surface area contributed by atoms with Crippen LogP contribution >= 0.6 is 11.6 Å². The van der Waals surface area contributed by atoms with Crippen molar-refractivity contribution in [3.05, 3.63) is 26.5 Å². The van der Waals surface area contributed by atoms with Crippen LogP contribution in [-0.4, -0.2) is 21.2 Å². The molecule has 1 rings (SSSR count). The van der Waals surface area contributed by atoms with Gasteiger partial charge in [-0.05, 0) is 0 Å². The molecule has 1 aromatic rings. The van der Waals surface area contributed by atoms with Gasteiger partial charge in [0.25, 0.3) is 0 Å². The summed E-state index contributed by atoms with van der Waals surface area (Å²) in [5.41, 5.74) is -1.50. The van der Waals surface area contributed by atoms with Gasteiger partial charge in [0.1, 0.15) is 5.15 Å². The van der Waals surface area contributed by atoms with Gasteiger partial charge < -0.3 is 0 Å². The van der Waals surface area contributed by atoms with Crippen LogP contribution in [0.3, 0.4) is 0 Å². The molecular weight excluding hydrogens is 251 g/mol. The Morgan fingerprint density at radius 3 is 2.56 bits per heavy atom. The molecule has 90 valence electrons. The van der Waals surface area contributed by atoms with Crippen LogP contribution in [0, 0.1) is 10.1 Å². The molecule has 0 saturated heterocycles. The summed E-state index contributed by atoms with van der Waals surface area (Å²) in [4.78, 5) is 9.40. The van der Waals surface area contributed by atoms with Crippen molar-refractivity contribution < 1.29 is 18.1 Å². The monoisotopic (exact) mass is 257 g/mol. The quantitative estimate of drug-likeness (QED) is 0.614. The summed E-state index contributed by atoms with van der Waals surface area (Å²) in [5.74, 6) is 0. The van der Waals surface area contributed by atoms with E-state index < -0.39 is 29.8 Å². The highest BCUT2D eigenvalue weighted by Crippen LogP contribution is 2.34. The smallest absolute Gasteiger partial charge is 0.265 e. The first-order valence-corrected chi connectivity index (χ1v) is 4.51. The molecule has 0 N–H and O–H groups in total. The molecule has 0 aliphatic carbocycles. The molecule has 0 fully saturated rings. The molecule has 0 bridgehead atoms. The number of halogens is 4. The molecule has 1 aromatic heterocycles. The second-order valence-corrected chi connectivity index (χ2v) is 3.40. The molecule has 0 aliphatic rings. The highest BCUT2D eigenvalue weighted by atomic mass is 35.5. The van der Waals surface area contributed by atoms with Gasteiger partial charge >= 0.3 is 6.18 Å². The molecule has 0 spiro atoms. The maximum absolute atomic E-state index is 12.5. The van der Waals surface area contributed by atoms with E-state index in [2.05, 4.69) is 5.10 Å². The van der Waals surface area contributed by atoms with Gasteiger partial charge in [-0.15, -0.1) is 0 Å². The molecular formula is C7H7ClF3N3O2. The number of nitro groups is 1. The average Bonchev–Trinajstić information content (AvgIpc) is 2.40. The minimum atomic E-state index is -4.66. The number of hydrogen-bond acceptors (Lipinski definition) is 3. The van der Waals surface area contributed by atoms with Crippen molar-refractivity contribution in [2.75, 3.05) is 6.54 Å². The van der Waals surface area contributed by atoms with Gasteiger partial charge in [0.15, 0.2) is 5.69 Å². The Morgan fingerprint density at radius 1 is 1.56 bits per heavy atom. The summed E-state index contributed by atoms with van der Waals surface area (Å²) in [6.07, 6.45) is -5.05. The Hall–Kier alpha value is -1.31. The molecule has 1 heterocycles. The molecule has 0 atom stereocenters. The van der Waals surface area contributed by atoms with Gasteiger partial charge in [-0.2, -0.15) is 18.3 Å². The van der Waals surface area contributed by atoms with Gasteiger partial charge in [0, 0.05) is 24.0 Å². The maximum atomic E-state index is 12.5. The summed E-state index contributed by atoms with van der Waals surface area (Å²) in [5, 5.41) is 13.1. The lowest BCUT2D eigenvalue weighted by Gasteiger charge is -2.04. The van der Waals surface area contributed by atoms with Gasteiger partial charge in [-0.1, -0.05) is 11.6 Å². The van der Waals surface area contributed by atoms with Gasteiger partial charge in [0.05, 0.1) is 0 Å². The van der Waals surface area contributed by atoms with Crippen molar-refractivity contribution in [3.8, 4) is 0 Å². The Morgan fingerprint density at radius 2 is 2.12 bits per heavy atom. The highest BCUT2D eigenvalue weighted by molar-refractivity contribution is 6.30. The minimum absolute atomic E-state index is 0.228. The Kier molecular flexibility index (Phi) is 3.41. The normalized spacial score (nSPS) is 11.8. The predicted octanol–water partition coefficient (Wildman–Crippen LogP) is 1.91. The molecule has 0 aliphatic heterocycles. The van der Waals surface area contributed by atoms with Crippen LogP contribution in [-0.2, 0) is 19.6 Å². The van der Waals surface area contributed by atoms with E-state index in [0.717, 1.165) is 4.68 Å². The van der Waals surface area contributed by atoms with Crippen molar-refractivity contribution in [1.29, 1.82) is 0 Å². The third-order valence-corrected chi connectivity index (χ3v) is 2.35. The van der Waals surface area contributed by atoms with Crippen LogP contribution < -0.4 is 0 Å². The molecule has 0 unspecified atom stereocenters. The average molecular weight is 258 g/mol. The predicted molar refractivity (Wildman–Crippen MR) is 48.8 cm³/mol. The molecule has 0 amide bonds. The molecule has 0 aromatic carbocycles. The van der Waals surface area contributed by atoms with Crippen molar-refractivity contribution in [3.63, 3.8) is 0 Å². The van der Waals surface area contributed by atoms with E-state index in [4.69, 9.17) is 11.6 Å². The van der Waals surface area contributed by atoms with E-state index in [1.807, 2.05) is 0 Å². The lowest BCUT2D eigenvalue weighted by atomic mass is 10.2. The van der Waals surface area contributed by atoms with Crippen molar-refractivity contribution in [2.24, 2.45) is 7.05 Å². The van der Waals surface area contributed by atoms with E-state index in [1.165, 1.54) is 7.05 Å². The molecule has 9 heteroatoms. The Labute approximate surface area is 93.0 Å². The van der Waals surface area contributed by atoms with Crippen molar-refractivity contribution in [1.82, 2.24) is 9.78 Å². The Balaban J connectivity index is 3.09. The van der Waals surface area contributed by atoms with E-state index in [-0.39, 0.29) is 10.7 Å². The fourth-order valence-electron chi connectivity index (χ4n) is 1.20. The van der Waals surface area contributed by atoms with Gasteiger partial charge in [0.2, 0.25) is 6.54 Å². The van der Waals surface area contributed by atoms with E-state index in [9.17, 15) is 23.3 Å². The van der Waals surface area contributed by atoms with Crippen LogP contribution in [0.25, 0.3) is 0 Å². The first kappa shape index (κ1) is 12.8. The zero-order valence-corrected chi connectivity index (χ0v) is 8.84. The van der Waals surface area contributed by atoms with Crippen LogP contribution in [0.15, 0.2) is 0 Å². The zero-order valence-electron chi connectivity index (χ0n) is 8.08. The highest BCUT2D eigenvalue weighted by Gasteiger charge is 2.38. The fourth-order valence-corrected chi connectivity index (χ4v) is 1.42. The topological polar surface area (TPSA) is 61.0 Å². The van der Waals surface area contributed by atoms with E-state index in [0.29, 0.717) is 0 Å². The second-order valence-electron chi connectivity index (χ2n) is 3.05. The molecule has 16 heavy (non-hydrogen) atoms. The number of alkyl halides is 3. The van der Waals surface area contributed by atoms with Crippen molar-refractivity contribution >= 4 is 11.6 Å². The molecule has 0 saturated carbocycles. The maximum Gasteiger partial charge on any atom is 0.435 e. The standard InChI is InChI=1S/C7H7ClF3N3O2/c1-13-6(8)4(2-3-14(15)16)5(12-13)7(9,10)11/h2-3H2,1H3. The van der Waals surface area contributed by atoms with E-state index in [1.54, 1.807) is 0 Å². The van der Waals surface area contributed by atoms with E-state index >= 15 is 0 Å². The van der Waals surface area contributed by atoms with Crippen LogP contribution in [0.1, 0.15) is 11.3 Å². The molecule has 5 nitrogen and oxygen atoms in total. The third-order valence-electron chi connectivity index (χ3n) is 1.88. The summed E-state index contributed by atoms with van der Waals surface area (Å²) in [6.45, 7) is -0.617. The summed E-state index contributed by atoms with van der Waals surface area (Å²) < 4.78 is 38.2. The second kappa shape index (κ2) is 4.28. The number of hydrogen-bond donors (Lipinski definition) is 0. The lowest BCUT2D eigenvalue weighted by molar-refractivity contribution is -0.479. The fraction of sp³-hybridized carbons (Fsp3) is 0.571. The number of nitrogens with zero attached hydrogens (tertiary/aromatic N) is 3. The lowest BCUT2D eigenvalue weighted by Crippen LogP contribution is -2.12. The largest absolute Gasteiger partial charge is 0.435 e. The first-order chi connectivity index (χ1) is 7.23. The summed E-state index contributed by atoms with van der Waals surface area (Å²) in [6, 6.07) is 0.